The number of guanidine groups is 1. The second kappa shape index (κ2) is 12.1. The van der Waals surface area contributed by atoms with Gasteiger partial charge in [-0.2, -0.15) is 4.31 Å². The molecule has 29 heavy (non-hydrogen) atoms. The SMILES string of the molecule is CN=C(NCCc1c(C)noc1C)N1CCN(S(=O)(=O)CCOC(C)C)CC1.I. The maximum absolute atomic E-state index is 12.4. The largest absolute Gasteiger partial charge is 0.378 e. The minimum Gasteiger partial charge on any atom is -0.378 e. The van der Waals surface area contributed by atoms with Crippen LogP contribution in [0.4, 0.5) is 0 Å². The number of hydrogen-bond acceptors (Lipinski definition) is 6. The Labute approximate surface area is 191 Å². The van der Waals surface area contributed by atoms with Crippen LogP contribution in [-0.4, -0.2) is 87.0 Å². The Morgan fingerprint density at radius 1 is 1.28 bits per heavy atom. The molecule has 1 aliphatic rings. The second-order valence-corrected chi connectivity index (χ2v) is 9.24. The van der Waals surface area contributed by atoms with Crippen molar-refractivity contribution in [2.45, 2.75) is 40.2 Å². The first kappa shape index (κ1) is 26.1. The zero-order chi connectivity index (χ0) is 20.7. The number of aromatic nitrogens is 1. The van der Waals surface area contributed by atoms with E-state index in [1.165, 1.54) is 0 Å². The summed E-state index contributed by atoms with van der Waals surface area (Å²) in [6, 6.07) is 0. The molecule has 0 bridgehead atoms. The molecule has 1 aliphatic heterocycles. The molecule has 2 heterocycles. The van der Waals surface area contributed by atoms with Crippen LogP contribution in [0.15, 0.2) is 9.52 Å². The van der Waals surface area contributed by atoms with Crippen LogP contribution in [0.2, 0.25) is 0 Å². The quantitative estimate of drug-likeness (QED) is 0.301. The van der Waals surface area contributed by atoms with Gasteiger partial charge in [0.15, 0.2) is 5.96 Å². The zero-order valence-corrected chi connectivity index (χ0v) is 21.1. The highest BCUT2D eigenvalue weighted by molar-refractivity contribution is 14.0. The van der Waals surface area contributed by atoms with Crippen molar-refractivity contribution >= 4 is 40.0 Å². The van der Waals surface area contributed by atoms with Gasteiger partial charge in [0.2, 0.25) is 10.0 Å². The summed E-state index contributed by atoms with van der Waals surface area (Å²) in [6.45, 7) is 10.7. The predicted molar refractivity (Wildman–Crippen MR) is 124 cm³/mol. The van der Waals surface area contributed by atoms with Crippen LogP contribution >= 0.6 is 24.0 Å². The molecule has 0 radical (unpaired) electrons. The Morgan fingerprint density at radius 2 is 1.93 bits per heavy atom. The van der Waals surface area contributed by atoms with Crippen LogP contribution in [-0.2, 0) is 21.2 Å². The summed E-state index contributed by atoms with van der Waals surface area (Å²) in [5.74, 6) is 1.65. The van der Waals surface area contributed by atoms with E-state index >= 15 is 0 Å². The fourth-order valence-corrected chi connectivity index (χ4v) is 4.47. The lowest BCUT2D eigenvalue weighted by molar-refractivity contribution is 0.0904. The molecule has 2 rings (SSSR count). The molecule has 1 aromatic heterocycles. The summed E-state index contributed by atoms with van der Waals surface area (Å²) in [7, 11) is -1.55. The number of nitrogens with zero attached hydrogens (tertiary/aromatic N) is 4. The molecule has 0 unspecified atom stereocenters. The van der Waals surface area contributed by atoms with Crippen molar-refractivity contribution in [2.24, 2.45) is 4.99 Å². The first-order valence-corrected chi connectivity index (χ1v) is 11.3. The normalized spacial score (nSPS) is 16.2. The van der Waals surface area contributed by atoms with Crippen molar-refractivity contribution in [3.63, 3.8) is 0 Å². The lowest BCUT2D eigenvalue weighted by Gasteiger charge is -2.35. The molecular weight excluding hydrogens is 509 g/mol. The maximum atomic E-state index is 12.4. The van der Waals surface area contributed by atoms with Gasteiger partial charge in [-0.15, -0.1) is 24.0 Å². The monoisotopic (exact) mass is 543 g/mol. The van der Waals surface area contributed by atoms with E-state index in [0.717, 1.165) is 29.4 Å². The van der Waals surface area contributed by atoms with Gasteiger partial charge in [0.1, 0.15) is 5.76 Å². The van der Waals surface area contributed by atoms with E-state index < -0.39 is 10.0 Å². The van der Waals surface area contributed by atoms with Crippen LogP contribution < -0.4 is 5.32 Å². The number of rotatable bonds is 8. The van der Waals surface area contributed by atoms with Gasteiger partial charge >= 0.3 is 0 Å². The Morgan fingerprint density at radius 3 is 2.45 bits per heavy atom. The summed E-state index contributed by atoms with van der Waals surface area (Å²) in [5.41, 5.74) is 2.03. The van der Waals surface area contributed by atoms with Crippen molar-refractivity contribution in [3.05, 3.63) is 17.0 Å². The number of ether oxygens (including phenoxy) is 1. The molecule has 1 fully saturated rings. The summed E-state index contributed by atoms with van der Waals surface area (Å²) in [5, 5.41) is 7.32. The average Bonchev–Trinajstić information content (AvgIpc) is 2.97. The number of aliphatic imine (C=N–C) groups is 1. The number of aryl methyl sites for hydroxylation is 2. The molecule has 0 amide bonds. The number of sulfonamides is 1. The van der Waals surface area contributed by atoms with Gasteiger partial charge in [0.25, 0.3) is 0 Å². The van der Waals surface area contributed by atoms with Crippen LogP contribution in [0.25, 0.3) is 0 Å². The van der Waals surface area contributed by atoms with Crippen molar-refractivity contribution in [1.29, 1.82) is 0 Å². The molecule has 9 nitrogen and oxygen atoms in total. The van der Waals surface area contributed by atoms with Crippen LogP contribution in [0.3, 0.4) is 0 Å². The average molecular weight is 543 g/mol. The summed E-state index contributed by atoms with van der Waals surface area (Å²) < 4.78 is 37.0. The van der Waals surface area contributed by atoms with Crippen molar-refractivity contribution in [2.75, 3.05) is 52.1 Å². The highest BCUT2D eigenvalue weighted by Crippen LogP contribution is 2.12. The maximum Gasteiger partial charge on any atom is 0.216 e. The molecule has 0 saturated carbocycles. The third-order valence-corrected chi connectivity index (χ3v) is 6.61. The van der Waals surface area contributed by atoms with Crippen molar-refractivity contribution < 1.29 is 17.7 Å². The third-order valence-electron chi connectivity index (χ3n) is 4.78. The van der Waals surface area contributed by atoms with Gasteiger partial charge in [0, 0.05) is 45.3 Å². The van der Waals surface area contributed by atoms with Gasteiger partial charge in [0.05, 0.1) is 24.2 Å². The topological polar surface area (TPSA) is 100 Å². The highest BCUT2D eigenvalue weighted by Gasteiger charge is 2.28. The number of halogens is 1. The van der Waals surface area contributed by atoms with E-state index in [2.05, 4.69) is 20.4 Å². The molecular formula is C18H34IN5O4S. The molecule has 0 aromatic carbocycles. The first-order valence-electron chi connectivity index (χ1n) is 9.71. The molecule has 0 spiro atoms. The van der Waals surface area contributed by atoms with Crippen LogP contribution in [0, 0.1) is 13.8 Å². The highest BCUT2D eigenvalue weighted by atomic mass is 127. The Balaban J connectivity index is 0.00000420. The van der Waals surface area contributed by atoms with Gasteiger partial charge in [-0.1, -0.05) is 5.16 Å². The smallest absolute Gasteiger partial charge is 0.216 e. The van der Waals surface area contributed by atoms with E-state index in [9.17, 15) is 8.42 Å². The fourth-order valence-electron chi connectivity index (χ4n) is 3.19. The van der Waals surface area contributed by atoms with Gasteiger partial charge in [-0.3, -0.25) is 4.99 Å². The Bertz CT molecular complexity index is 739. The minimum atomic E-state index is -3.29. The molecule has 0 atom stereocenters. The van der Waals surface area contributed by atoms with Crippen molar-refractivity contribution in [1.82, 2.24) is 19.7 Å². The molecule has 1 saturated heterocycles. The van der Waals surface area contributed by atoms with Gasteiger partial charge in [-0.05, 0) is 34.1 Å². The zero-order valence-electron chi connectivity index (χ0n) is 18.0. The summed E-state index contributed by atoms with van der Waals surface area (Å²) in [4.78, 5) is 6.42. The summed E-state index contributed by atoms with van der Waals surface area (Å²) in [6.07, 6.45) is 0.830. The van der Waals surface area contributed by atoms with Gasteiger partial charge in [-0.25, -0.2) is 8.42 Å². The second-order valence-electron chi connectivity index (χ2n) is 7.15. The lowest BCUT2D eigenvalue weighted by Crippen LogP contribution is -2.54. The molecule has 11 heteroatoms. The number of nitrogens with one attached hydrogen (secondary N) is 1. The molecule has 1 aromatic rings. The standard InChI is InChI=1S/C18H33N5O4S.HI/c1-14(2)26-12-13-28(24,25)23-10-8-22(9-11-23)18(19-5)20-7-6-17-15(3)21-27-16(17)4;/h14H,6-13H2,1-5H3,(H,19,20);1H. The third kappa shape index (κ3) is 7.68. The Hall–Kier alpha value is -0.920. The summed E-state index contributed by atoms with van der Waals surface area (Å²) >= 11 is 0. The molecule has 1 N–H and O–H groups in total. The van der Waals surface area contributed by atoms with Crippen LogP contribution in [0.1, 0.15) is 30.9 Å². The first-order chi connectivity index (χ1) is 13.2. The number of piperazine rings is 1. The van der Waals surface area contributed by atoms with Crippen molar-refractivity contribution in [3.8, 4) is 0 Å². The fraction of sp³-hybridized carbons (Fsp3) is 0.778. The van der Waals surface area contributed by atoms with E-state index in [4.69, 9.17) is 9.26 Å². The lowest BCUT2D eigenvalue weighted by atomic mass is 10.1. The van der Waals surface area contributed by atoms with E-state index in [-0.39, 0.29) is 42.4 Å². The number of hydrogen-bond donors (Lipinski definition) is 1. The predicted octanol–water partition coefficient (Wildman–Crippen LogP) is 1.40. The van der Waals surface area contributed by atoms with Crippen LogP contribution in [0.5, 0.6) is 0 Å². The molecule has 0 aliphatic carbocycles. The minimum absolute atomic E-state index is 0. The molecule has 168 valence electrons. The Kier molecular flexibility index (Phi) is 10.9. The van der Waals surface area contributed by atoms with E-state index in [1.807, 2.05) is 27.7 Å². The van der Waals surface area contributed by atoms with E-state index in [1.54, 1.807) is 11.4 Å². The van der Waals surface area contributed by atoms with E-state index in [0.29, 0.717) is 32.7 Å². The van der Waals surface area contributed by atoms with Gasteiger partial charge < -0.3 is 19.5 Å².